The molecule has 6 rings (SSSR count). The van der Waals surface area contributed by atoms with Gasteiger partial charge in [0.05, 0.1) is 18.5 Å². The van der Waals surface area contributed by atoms with E-state index >= 15 is 0 Å². The highest BCUT2D eigenvalue weighted by molar-refractivity contribution is 6.09. The number of methoxy groups -OCH3 is 1. The van der Waals surface area contributed by atoms with Crippen LogP contribution in [0.25, 0.3) is 0 Å². The van der Waals surface area contributed by atoms with Crippen LogP contribution < -0.4 is 25.8 Å². The Hall–Kier alpha value is -4.99. The van der Waals surface area contributed by atoms with Crippen LogP contribution in [0.3, 0.4) is 0 Å². The van der Waals surface area contributed by atoms with E-state index in [1.165, 1.54) is 6.07 Å². The number of carbonyl (C=O) groups excluding carboxylic acids is 2. The lowest BCUT2D eigenvalue weighted by molar-refractivity contribution is 0.101. The summed E-state index contributed by atoms with van der Waals surface area (Å²) in [6.45, 7) is 1.92. The van der Waals surface area contributed by atoms with Gasteiger partial charge in [0.1, 0.15) is 5.75 Å². The highest BCUT2D eigenvalue weighted by atomic mass is 19.2. The van der Waals surface area contributed by atoms with Crippen LogP contribution >= 0.6 is 0 Å². The van der Waals surface area contributed by atoms with Gasteiger partial charge in [-0.15, -0.1) is 0 Å². The zero-order valence-corrected chi connectivity index (χ0v) is 22.8. The van der Waals surface area contributed by atoms with E-state index in [0.717, 1.165) is 29.9 Å². The molecule has 1 fully saturated rings. The van der Waals surface area contributed by atoms with Crippen LogP contribution in [0, 0.1) is 17.6 Å². The van der Waals surface area contributed by atoms with Crippen molar-refractivity contribution in [3.05, 3.63) is 118 Å². The zero-order chi connectivity index (χ0) is 29.4. The molecule has 2 aliphatic heterocycles. The second-order valence-corrected chi connectivity index (χ2v) is 10.6. The van der Waals surface area contributed by atoms with Crippen molar-refractivity contribution in [2.75, 3.05) is 35.7 Å². The highest BCUT2D eigenvalue weighted by Crippen LogP contribution is 2.39. The van der Waals surface area contributed by atoms with Crippen molar-refractivity contribution in [1.29, 1.82) is 0 Å². The maximum atomic E-state index is 13.7. The number of ether oxygens (including phenoxy) is 1. The van der Waals surface area contributed by atoms with E-state index in [9.17, 15) is 23.2 Å². The largest absolute Gasteiger partial charge is 0.497 e. The van der Waals surface area contributed by atoms with Gasteiger partial charge >= 0.3 is 0 Å². The number of carbonyl (C=O) groups is 2. The molecule has 3 aromatic carbocycles. The summed E-state index contributed by atoms with van der Waals surface area (Å²) in [7, 11) is 1.54. The number of piperidine rings is 1. The number of pyridine rings is 1. The first-order valence-corrected chi connectivity index (χ1v) is 13.6. The molecule has 2 amide bonds. The van der Waals surface area contributed by atoms with Crippen molar-refractivity contribution >= 4 is 28.9 Å². The fourth-order valence-corrected chi connectivity index (χ4v) is 5.86. The molecule has 2 N–H and O–H groups in total. The number of fused-ring (bicyclic) bond motifs is 4. The van der Waals surface area contributed by atoms with Crippen LogP contribution in [0.4, 0.5) is 25.8 Å². The van der Waals surface area contributed by atoms with Crippen LogP contribution in [-0.4, -0.2) is 36.6 Å². The van der Waals surface area contributed by atoms with Crippen molar-refractivity contribution in [3.63, 3.8) is 0 Å². The van der Waals surface area contributed by atoms with Gasteiger partial charge in [0, 0.05) is 60.2 Å². The summed E-state index contributed by atoms with van der Waals surface area (Å²) in [5.41, 5.74) is 2.89. The minimum Gasteiger partial charge on any atom is -0.497 e. The number of hydrogen-bond acceptors (Lipinski definition) is 5. The Bertz CT molecular complexity index is 1740. The normalized spacial score (nSPS) is 17.3. The van der Waals surface area contributed by atoms with Gasteiger partial charge in [-0.05, 0) is 73.0 Å². The van der Waals surface area contributed by atoms with Gasteiger partial charge in [-0.1, -0.05) is 6.07 Å². The number of amides is 2. The van der Waals surface area contributed by atoms with Crippen molar-refractivity contribution in [1.82, 2.24) is 4.57 Å². The number of aromatic nitrogens is 1. The second-order valence-electron chi connectivity index (χ2n) is 10.6. The number of anilines is 3. The predicted molar refractivity (Wildman–Crippen MR) is 155 cm³/mol. The van der Waals surface area contributed by atoms with E-state index in [2.05, 4.69) is 15.5 Å². The Kier molecular flexibility index (Phi) is 7.20. The first-order valence-electron chi connectivity index (χ1n) is 13.6. The first kappa shape index (κ1) is 27.2. The number of hydrogen-bond donors (Lipinski definition) is 2. The molecule has 0 radical (unpaired) electrons. The molecule has 2 bridgehead atoms. The Balaban J connectivity index is 1.32. The van der Waals surface area contributed by atoms with E-state index in [4.69, 9.17) is 4.74 Å². The van der Waals surface area contributed by atoms with Crippen LogP contribution in [0.5, 0.6) is 5.75 Å². The molecule has 3 heterocycles. The van der Waals surface area contributed by atoms with Gasteiger partial charge in [0.15, 0.2) is 11.6 Å². The molecule has 2 unspecified atom stereocenters. The molecule has 42 heavy (non-hydrogen) atoms. The summed E-state index contributed by atoms with van der Waals surface area (Å²) in [6, 6.07) is 20.1. The number of nitrogens with one attached hydrogen (secondary N) is 2. The summed E-state index contributed by atoms with van der Waals surface area (Å²) < 4.78 is 34.1. The maximum absolute atomic E-state index is 13.7. The van der Waals surface area contributed by atoms with Crippen molar-refractivity contribution in [3.8, 4) is 5.75 Å². The third-order valence-electron chi connectivity index (χ3n) is 7.86. The maximum Gasteiger partial charge on any atom is 0.255 e. The van der Waals surface area contributed by atoms with E-state index in [0.29, 0.717) is 36.6 Å². The molecule has 1 aromatic heterocycles. The van der Waals surface area contributed by atoms with Crippen LogP contribution in [0.15, 0.2) is 83.7 Å². The minimum absolute atomic E-state index is 0.000468. The third-order valence-corrected chi connectivity index (χ3v) is 7.86. The zero-order valence-electron chi connectivity index (χ0n) is 22.8. The van der Waals surface area contributed by atoms with Crippen LogP contribution in [-0.2, 0) is 6.54 Å². The third kappa shape index (κ3) is 5.35. The molecule has 0 spiro atoms. The topological polar surface area (TPSA) is 92.7 Å². The van der Waals surface area contributed by atoms with E-state index < -0.39 is 17.5 Å². The van der Waals surface area contributed by atoms with Crippen LogP contribution in [0.1, 0.15) is 38.7 Å². The Morgan fingerprint density at radius 1 is 0.833 bits per heavy atom. The molecule has 1 saturated heterocycles. The van der Waals surface area contributed by atoms with Gasteiger partial charge in [-0.25, -0.2) is 8.78 Å². The molecule has 8 nitrogen and oxygen atoms in total. The fraction of sp³-hybridized carbons (Fsp3) is 0.219. The molecule has 10 heteroatoms. The van der Waals surface area contributed by atoms with Gasteiger partial charge in [0.25, 0.3) is 17.4 Å². The van der Waals surface area contributed by atoms with E-state index in [1.54, 1.807) is 61.7 Å². The Morgan fingerprint density at radius 3 is 2.36 bits per heavy atom. The SMILES string of the molecule is COc1ccc(C(=O)Nc2cc(C(=O)Nc3ccc(F)c(F)c3)ccc2N2CC3CC(C2)c2cccc(=O)n2C3)cc1. The lowest BCUT2D eigenvalue weighted by Crippen LogP contribution is -2.47. The smallest absolute Gasteiger partial charge is 0.255 e. The first-order chi connectivity index (χ1) is 20.3. The molecule has 2 atom stereocenters. The van der Waals surface area contributed by atoms with Crippen molar-refractivity contribution in [2.24, 2.45) is 5.92 Å². The van der Waals surface area contributed by atoms with Crippen molar-refractivity contribution < 1.29 is 23.1 Å². The monoisotopic (exact) mass is 570 g/mol. The standard InChI is InChI=1S/C32H28F2N4O4/c1-42-24-9-5-20(6-10-24)31(40)36-27-14-21(32(41)35-23-8-11-25(33)26(34)15-23)7-12-29(27)37-16-19-13-22(18-37)28-3-2-4-30(39)38(28)17-19/h2-12,14-15,19,22H,13,16-18H2,1H3,(H,35,41)(H,36,40). The molecular formula is C32H28F2N4O4. The van der Waals surface area contributed by atoms with Gasteiger partial charge < -0.3 is 24.8 Å². The minimum atomic E-state index is -1.07. The number of nitrogens with zero attached hydrogens (tertiary/aromatic N) is 2. The molecule has 0 saturated carbocycles. The number of halogens is 2. The molecule has 2 aliphatic rings. The molecular weight excluding hydrogens is 542 g/mol. The lowest BCUT2D eigenvalue weighted by atomic mass is 9.83. The average Bonchev–Trinajstić information content (AvgIpc) is 2.99. The Labute approximate surface area is 240 Å². The number of benzene rings is 3. The fourth-order valence-electron chi connectivity index (χ4n) is 5.86. The van der Waals surface area contributed by atoms with E-state index in [1.807, 2.05) is 10.6 Å². The van der Waals surface area contributed by atoms with Crippen LogP contribution in [0.2, 0.25) is 0 Å². The van der Waals surface area contributed by atoms with Gasteiger partial charge in [0.2, 0.25) is 0 Å². The molecule has 214 valence electrons. The summed E-state index contributed by atoms with van der Waals surface area (Å²) in [5, 5.41) is 5.55. The van der Waals surface area contributed by atoms with Gasteiger partial charge in [-0.3, -0.25) is 14.4 Å². The summed E-state index contributed by atoms with van der Waals surface area (Å²) in [5.74, 6) is -2.02. The van der Waals surface area contributed by atoms with Crippen molar-refractivity contribution in [2.45, 2.75) is 18.9 Å². The average molecular weight is 571 g/mol. The van der Waals surface area contributed by atoms with E-state index in [-0.39, 0.29) is 34.6 Å². The summed E-state index contributed by atoms with van der Waals surface area (Å²) in [4.78, 5) is 41.1. The highest BCUT2D eigenvalue weighted by Gasteiger charge is 2.35. The second kappa shape index (κ2) is 11.1. The predicted octanol–water partition coefficient (Wildman–Crippen LogP) is 5.26. The summed E-state index contributed by atoms with van der Waals surface area (Å²) >= 11 is 0. The Morgan fingerprint density at radius 2 is 1.60 bits per heavy atom. The molecule has 0 aliphatic carbocycles. The van der Waals surface area contributed by atoms with Gasteiger partial charge in [-0.2, -0.15) is 0 Å². The lowest BCUT2D eigenvalue weighted by Gasteiger charge is -2.44. The molecule has 4 aromatic rings. The quantitative estimate of drug-likeness (QED) is 0.330. The summed E-state index contributed by atoms with van der Waals surface area (Å²) in [6.07, 6.45) is 0.961. The number of rotatable bonds is 6.